The summed E-state index contributed by atoms with van der Waals surface area (Å²) < 4.78 is 5.86. The predicted molar refractivity (Wildman–Crippen MR) is 121 cm³/mol. The SMILES string of the molecule is CCOc1cccc2ccc(-c3cc(NCC(C)C)c4ccccc4c3)cc12. The van der Waals surface area contributed by atoms with Crippen LogP contribution in [0.3, 0.4) is 0 Å². The molecule has 0 aromatic heterocycles. The lowest BCUT2D eigenvalue weighted by Gasteiger charge is -2.15. The van der Waals surface area contributed by atoms with Gasteiger partial charge in [0.1, 0.15) is 5.75 Å². The molecule has 0 radical (unpaired) electrons. The topological polar surface area (TPSA) is 21.3 Å². The summed E-state index contributed by atoms with van der Waals surface area (Å²) in [7, 11) is 0. The minimum atomic E-state index is 0.594. The van der Waals surface area contributed by atoms with Crippen LogP contribution in [-0.2, 0) is 0 Å². The van der Waals surface area contributed by atoms with Crippen LogP contribution < -0.4 is 10.1 Å². The van der Waals surface area contributed by atoms with Gasteiger partial charge in [-0.1, -0.05) is 62.4 Å². The molecule has 0 amide bonds. The van der Waals surface area contributed by atoms with E-state index in [1.54, 1.807) is 0 Å². The van der Waals surface area contributed by atoms with E-state index in [2.05, 4.69) is 85.9 Å². The summed E-state index contributed by atoms with van der Waals surface area (Å²) in [5.41, 5.74) is 3.62. The predicted octanol–water partition coefficient (Wildman–Crippen LogP) is 7.13. The molecule has 28 heavy (non-hydrogen) atoms. The standard InChI is InChI=1S/C26H27NO/c1-4-28-26-11-7-9-19-12-13-20(15-24(19)26)22-14-21-8-5-6-10-23(21)25(16-22)27-17-18(2)3/h5-16,18,27H,4,17H2,1-3H3. The molecule has 4 aromatic rings. The van der Waals surface area contributed by atoms with Crippen molar-refractivity contribution < 1.29 is 4.74 Å². The molecule has 4 aromatic carbocycles. The Balaban J connectivity index is 1.85. The Morgan fingerprint density at radius 3 is 2.43 bits per heavy atom. The van der Waals surface area contributed by atoms with E-state index in [9.17, 15) is 0 Å². The highest BCUT2D eigenvalue weighted by Crippen LogP contribution is 2.34. The van der Waals surface area contributed by atoms with Gasteiger partial charge < -0.3 is 10.1 Å². The van der Waals surface area contributed by atoms with Gasteiger partial charge >= 0.3 is 0 Å². The molecule has 0 aliphatic rings. The Hall–Kier alpha value is -3.00. The van der Waals surface area contributed by atoms with Crippen LogP contribution in [0.5, 0.6) is 5.75 Å². The summed E-state index contributed by atoms with van der Waals surface area (Å²) >= 11 is 0. The molecule has 2 nitrogen and oxygen atoms in total. The lowest BCUT2D eigenvalue weighted by molar-refractivity contribution is 0.344. The highest BCUT2D eigenvalue weighted by Gasteiger charge is 2.09. The van der Waals surface area contributed by atoms with Crippen LogP contribution in [0.2, 0.25) is 0 Å². The van der Waals surface area contributed by atoms with Gasteiger partial charge in [-0.15, -0.1) is 0 Å². The van der Waals surface area contributed by atoms with E-state index in [0.717, 1.165) is 17.7 Å². The first kappa shape index (κ1) is 18.4. The van der Waals surface area contributed by atoms with Gasteiger partial charge in [-0.3, -0.25) is 0 Å². The second kappa shape index (κ2) is 7.93. The fourth-order valence-electron chi connectivity index (χ4n) is 3.64. The first-order valence-electron chi connectivity index (χ1n) is 10.1. The van der Waals surface area contributed by atoms with Crippen molar-refractivity contribution in [3.8, 4) is 16.9 Å². The molecule has 0 fully saturated rings. The number of anilines is 1. The fraction of sp³-hybridized carbons (Fsp3) is 0.231. The Morgan fingerprint density at radius 2 is 1.61 bits per heavy atom. The van der Waals surface area contributed by atoms with E-state index in [1.807, 2.05) is 13.0 Å². The number of hydrogen-bond donors (Lipinski definition) is 1. The molecule has 0 aliphatic carbocycles. The van der Waals surface area contributed by atoms with Crippen molar-refractivity contribution >= 4 is 27.2 Å². The maximum absolute atomic E-state index is 5.86. The summed E-state index contributed by atoms with van der Waals surface area (Å²) in [5.74, 6) is 1.54. The molecule has 0 heterocycles. The molecule has 1 N–H and O–H groups in total. The molecule has 0 atom stereocenters. The molecular weight excluding hydrogens is 342 g/mol. The summed E-state index contributed by atoms with van der Waals surface area (Å²) in [6, 6.07) is 26.0. The van der Waals surface area contributed by atoms with Crippen LogP contribution in [0.15, 0.2) is 72.8 Å². The fourth-order valence-corrected chi connectivity index (χ4v) is 3.64. The van der Waals surface area contributed by atoms with Gasteiger partial charge in [-0.05, 0) is 59.0 Å². The van der Waals surface area contributed by atoms with Crippen LogP contribution in [0.25, 0.3) is 32.7 Å². The number of fused-ring (bicyclic) bond motifs is 2. The van der Waals surface area contributed by atoms with Gasteiger partial charge in [0.2, 0.25) is 0 Å². The minimum Gasteiger partial charge on any atom is -0.493 e. The van der Waals surface area contributed by atoms with Gasteiger partial charge in [0.15, 0.2) is 0 Å². The third-order valence-corrected chi connectivity index (χ3v) is 5.04. The second-order valence-corrected chi connectivity index (χ2v) is 7.64. The number of benzene rings is 4. The summed E-state index contributed by atoms with van der Waals surface area (Å²) in [5, 5.41) is 8.52. The molecule has 2 heteroatoms. The Labute approximate surface area is 167 Å². The van der Waals surface area contributed by atoms with Crippen molar-refractivity contribution in [1.29, 1.82) is 0 Å². The van der Waals surface area contributed by atoms with E-state index in [4.69, 9.17) is 4.74 Å². The second-order valence-electron chi connectivity index (χ2n) is 7.64. The smallest absolute Gasteiger partial charge is 0.127 e. The molecule has 0 aliphatic heterocycles. The largest absolute Gasteiger partial charge is 0.493 e. The maximum atomic E-state index is 5.86. The molecule has 0 saturated carbocycles. The van der Waals surface area contributed by atoms with Crippen molar-refractivity contribution in [2.24, 2.45) is 5.92 Å². The number of rotatable bonds is 6. The zero-order valence-corrected chi connectivity index (χ0v) is 16.8. The van der Waals surface area contributed by atoms with Gasteiger partial charge in [0, 0.05) is 23.0 Å². The van der Waals surface area contributed by atoms with Crippen LogP contribution >= 0.6 is 0 Å². The van der Waals surface area contributed by atoms with E-state index >= 15 is 0 Å². The monoisotopic (exact) mass is 369 g/mol. The third-order valence-electron chi connectivity index (χ3n) is 5.04. The summed E-state index contributed by atoms with van der Waals surface area (Å²) in [6.45, 7) is 8.12. The van der Waals surface area contributed by atoms with Gasteiger partial charge in [-0.25, -0.2) is 0 Å². The van der Waals surface area contributed by atoms with Crippen molar-refractivity contribution in [3.63, 3.8) is 0 Å². The van der Waals surface area contributed by atoms with E-state index in [0.29, 0.717) is 12.5 Å². The summed E-state index contributed by atoms with van der Waals surface area (Å²) in [4.78, 5) is 0. The first-order valence-corrected chi connectivity index (χ1v) is 10.1. The lowest BCUT2D eigenvalue weighted by atomic mass is 9.97. The first-order chi connectivity index (χ1) is 13.7. The van der Waals surface area contributed by atoms with Crippen LogP contribution in [0.4, 0.5) is 5.69 Å². The molecular formula is C26H27NO. The van der Waals surface area contributed by atoms with Crippen LogP contribution in [0.1, 0.15) is 20.8 Å². The van der Waals surface area contributed by atoms with E-state index in [-0.39, 0.29) is 0 Å². The van der Waals surface area contributed by atoms with E-state index in [1.165, 1.54) is 33.0 Å². The number of hydrogen-bond acceptors (Lipinski definition) is 2. The average molecular weight is 370 g/mol. The van der Waals surface area contributed by atoms with Crippen molar-refractivity contribution in [2.45, 2.75) is 20.8 Å². The molecule has 0 spiro atoms. The van der Waals surface area contributed by atoms with Gasteiger partial charge in [0.05, 0.1) is 6.61 Å². The number of nitrogens with one attached hydrogen (secondary N) is 1. The zero-order chi connectivity index (χ0) is 19.5. The molecule has 0 saturated heterocycles. The van der Waals surface area contributed by atoms with Crippen molar-refractivity contribution in [2.75, 3.05) is 18.5 Å². The zero-order valence-electron chi connectivity index (χ0n) is 16.8. The Morgan fingerprint density at radius 1 is 0.786 bits per heavy atom. The lowest BCUT2D eigenvalue weighted by Crippen LogP contribution is -2.08. The molecule has 142 valence electrons. The normalized spacial score (nSPS) is 11.3. The highest BCUT2D eigenvalue weighted by atomic mass is 16.5. The van der Waals surface area contributed by atoms with Crippen molar-refractivity contribution in [1.82, 2.24) is 0 Å². The van der Waals surface area contributed by atoms with Gasteiger partial charge in [0.25, 0.3) is 0 Å². The van der Waals surface area contributed by atoms with Crippen molar-refractivity contribution in [3.05, 3.63) is 72.8 Å². The molecule has 0 bridgehead atoms. The van der Waals surface area contributed by atoms with E-state index < -0.39 is 0 Å². The van der Waals surface area contributed by atoms with Crippen LogP contribution in [0, 0.1) is 5.92 Å². The third kappa shape index (κ3) is 3.68. The molecule has 0 unspecified atom stereocenters. The molecule has 4 rings (SSSR count). The van der Waals surface area contributed by atoms with Crippen LogP contribution in [-0.4, -0.2) is 13.2 Å². The average Bonchev–Trinajstić information content (AvgIpc) is 2.72. The minimum absolute atomic E-state index is 0.594. The summed E-state index contributed by atoms with van der Waals surface area (Å²) in [6.07, 6.45) is 0. The maximum Gasteiger partial charge on any atom is 0.127 e. The van der Waals surface area contributed by atoms with Gasteiger partial charge in [-0.2, -0.15) is 0 Å². The Bertz CT molecular complexity index is 1110. The Kier molecular flexibility index (Phi) is 5.21. The number of ether oxygens (including phenoxy) is 1. The quantitative estimate of drug-likeness (QED) is 0.390. The highest BCUT2D eigenvalue weighted by molar-refractivity contribution is 5.99.